The Labute approximate surface area is 142 Å². The maximum Gasteiger partial charge on any atom is 0.341 e. The predicted octanol–water partition coefficient (Wildman–Crippen LogP) is 2.71. The van der Waals surface area contributed by atoms with Crippen LogP contribution in [0.25, 0.3) is 0 Å². The minimum atomic E-state index is -0.667. The molecule has 0 bridgehead atoms. The van der Waals surface area contributed by atoms with Gasteiger partial charge in [-0.3, -0.25) is 0 Å². The van der Waals surface area contributed by atoms with Crippen LogP contribution in [0.5, 0.6) is 0 Å². The standard InChI is InChI=1S/C17H15F2N5O/c18-13-6-11(7-14(19)8-13)15-2-5-22-24(15)17(25)23-9-12(10-23)16-20-3-1-4-21-16/h1,3-8,12,15H,2,9-10H2/t15-/m0/s1. The van der Waals surface area contributed by atoms with Crippen molar-refractivity contribution in [1.29, 1.82) is 0 Å². The Morgan fingerprint density at radius 2 is 1.76 bits per heavy atom. The summed E-state index contributed by atoms with van der Waals surface area (Å²) in [5, 5.41) is 5.38. The van der Waals surface area contributed by atoms with Gasteiger partial charge in [0.15, 0.2) is 0 Å². The van der Waals surface area contributed by atoms with Gasteiger partial charge in [0.05, 0.1) is 12.0 Å². The SMILES string of the molecule is O=C(N1CC(c2ncccn2)C1)N1N=CC[C@H]1c1cc(F)cc(F)c1. The van der Waals surface area contributed by atoms with Crippen molar-refractivity contribution in [3.63, 3.8) is 0 Å². The van der Waals surface area contributed by atoms with Crippen LogP contribution < -0.4 is 0 Å². The highest BCUT2D eigenvalue weighted by Crippen LogP contribution is 2.33. The van der Waals surface area contributed by atoms with E-state index in [1.165, 1.54) is 17.1 Å². The van der Waals surface area contributed by atoms with E-state index in [0.717, 1.165) is 6.07 Å². The van der Waals surface area contributed by atoms with Crippen molar-refractivity contribution < 1.29 is 13.6 Å². The van der Waals surface area contributed by atoms with Crippen LogP contribution in [0, 0.1) is 11.6 Å². The number of hydrogen-bond acceptors (Lipinski definition) is 4. The van der Waals surface area contributed by atoms with Gasteiger partial charge in [-0.05, 0) is 23.8 Å². The summed E-state index contributed by atoms with van der Waals surface area (Å²) in [5.74, 6) is -0.527. The van der Waals surface area contributed by atoms with Crippen LogP contribution in [0.1, 0.15) is 29.8 Å². The molecule has 1 saturated heterocycles. The number of hydrazone groups is 1. The average molecular weight is 343 g/mol. The fourth-order valence-electron chi connectivity index (χ4n) is 3.11. The van der Waals surface area contributed by atoms with Gasteiger partial charge in [-0.25, -0.2) is 28.6 Å². The summed E-state index contributed by atoms with van der Waals surface area (Å²) in [5.41, 5.74) is 0.395. The van der Waals surface area contributed by atoms with E-state index >= 15 is 0 Å². The molecule has 0 N–H and O–H groups in total. The second kappa shape index (κ2) is 6.19. The summed E-state index contributed by atoms with van der Waals surface area (Å²) in [6, 6.07) is 4.25. The molecule has 1 atom stereocenters. The van der Waals surface area contributed by atoms with E-state index in [-0.39, 0.29) is 11.9 Å². The first-order chi connectivity index (χ1) is 12.1. The molecule has 1 aromatic heterocycles. The van der Waals surface area contributed by atoms with Crippen molar-refractivity contribution in [2.75, 3.05) is 13.1 Å². The van der Waals surface area contributed by atoms with Crippen molar-refractivity contribution in [3.05, 3.63) is 59.7 Å². The summed E-state index contributed by atoms with van der Waals surface area (Å²) in [4.78, 5) is 22.7. The molecule has 0 aliphatic carbocycles. The molecule has 1 aromatic carbocycles. The number of carbonyl (C=O) groups is 1. The molecule has 2 amide bonds. The smallest absolute Gasteiger partial charge is 0.322 e. The minimum absolute atomic E-state index is 0.0989. The highest BCUT2D eigenvalue weighted by molar-refractivity contribution is 5.79. The molecule has 2 aliphatic rings. The number of likely N-dealkylation sites (tertiary alicyclic amines) is 1. The van der Waals surface area contributed by atoms with E-state index < -0.39 is 17.7 Å². The van der Waals surface area contributed by atoms with Crippen molar-refractivity contribution in [2.24, 2.45) is 5.10 Å². The number of carbonyl (C=O) groups excluding carboxylic acids is 1. The summed E-state index contributed by atoms with van der Waals surface area (Å²) in [6.45, 7) is 0.998. The van der Waals surface area contributed by atoms with Crippen molar-refractivity contribution in [2.45, 2.75) is 18.4 Å². The zero-order valence-electron chi connectivity index (χ0n) is 13.2. The number of halogens is 2. The molecule has 6 nitrogen and oxygen atoms in total. The van der Waals surface area contributed by atoms with Crippen LogP contribution in [-0.2, 0) is 0 Å². The fraction of sp³-hybridized carbons (Fsp3) is 0.294. The third kappa shape index (κ3) is 2.95. The molecule has 0 unspecified atom stereocenters. The van der Waals surface area contributed by atoms with Gasteiger partial charge in [0.1, 0.15) is 17.5 Å². The largest absolute Gasteiger partial charge is 0.341 e. The summed E-state index contributed by atoms with van der Waals surface area (Å²) >= 11 is 0. The lowest BCUT2D eigenvalue weighted by Crippen LogP contribution is -2.53. The number of urea groups is 1. The van der Waals surface area contributed by atoms with Crippen molar-refractivity contribution in [1.82, 2.24) is 19.9 Å². The van der Waals surface area contributed by atoms with Gasteiger partial charge in [0, 0.05) is 44.2 Å². The van der Waals surface area contributed by atoms with E-state index in [1.807, 2.05) is 0 Å². The molecule has 0 saturated carbocycles. The first-order valence-electron chi connectivity index (χ1n) is 7.95. The lowest BCUT2D eigenvalue weighted by atomic mass is 9.99. The van der Waals surface area contributed by atoms with E-state index in [1.54, 1.807) is 29.6 Å². The second-order valence-corrected chi connectivity index (χ2v) is 6.09. The molecule has 0 radical (unpaired) electrons. The average Bonchev–Trinajstić information content (AvgIpc) is 3.03. The van der Waals surface area contributed by atoms with Crippen LogP contribution in [0.15, 0.2) is 41.8 Å². The molecular weight excluding hydrogens is 328 g/mol. The van der Waals surface area contributed by atoms with Crippen LogP contribution in [0.2, 0.25) is 0 Å². The van der Waals surface area contributed by atoms with Gasteiger partial charge in [0.25, 0.3) is 0 Å². The maximum absolute atomic E-state index is 13.5. The Balaban J connectivity index is 1.46. The topological polar surface area (TPSA) is 61.7 Å². The van der Waals surface area contributed by atoms with Crippen LogP contribution >= 0.6 is 0 Å². The van der Waals surface area contributed by atoms with Crippen molar-refractivity contribution in [3.8, 4) is 0 Å². The number of aromatic nitrogens is 2. The van der Waals surface area contributed by atoms with Crippen LogP contribution in [-0.4, -0.2) is 45.2 Å². The molecular formula is C17H15F2N5O. The highest BCUT2D eigenvalue weighted by atomic mass is 19.1. The molecule has 8 heteroatoms. The Morgan fingerprint density at radius 1 is 1.08 bits per heavy atom. The quantitative estimate of drug-likeness (QED) is 0.842. The second-order valence-electron chi connectivity index (χ2n) is 6.09. The molecule has 4 rings (SSSR count). The van der Waals surface area contributed by atoms with Gasteiger partial charge in [-0.2, -0.15) is 5.10 Å². The Hall–Kier alpha value is -2.90. The summed E-state index contributed by atoms with van der Waals surface area (Å²) < 4.78 is 27.0. The first kappa shape index (κ1) is 15.6. The fourth-order valence-corrected chi connectivity index (χ4v) is 3.11. The third-order valence-corrected chi connectivity index (χ3v) is 4.40. The zero-order chi connectivity index (χ0) is 17.4. The number of hydrogen-bond donors (Lipinski definition) is 0. The van der Waals surface area contributed by atoms with Gasteiger partial charge in [-0.15, -0.1) is 0 Å². The molecule has 25 heavy (non-hydrogen) atoms. The first-order valence-corrected chi connectivity index (χ1v) is 7.95. The maximum atomic E-state index is 13.5. The Morgan fingerprint density at radius 3 is 2.44 bits per heavy atom. The minimum Gasteiger partial charge on any atom is -0.322 e. The van der Waals surface area contributed by atoms with Crippen molar-refractivity contribution >= 4 is 12.2 Å². The Kier molecular flexibility index (Phi) is 3.87. The van der Waals surface area contributed by atoms with E-state index in [2.05, 4.69) is 15.1 Å². The predicted molar refractivity (Wildman–Crippen MR) is 85.8 cm³/mol. The van der Waals surface area contributed by atoms with Crippen LogP contribution in [0.3, 0.4) is 0 Å². The van der Waals surface area contributed by atoms with E-state index in [9.17, 15) is 13.6 Å². The molecule has 2 aliphatic heterocycles. The van der Waals surface area contributed by atoms with Crippen LogP contribution in [0.4, 0.5) is 13.6 Å². The zero-order valence-corrected chi connectivity index (χ0v) is 13.2. The molecule has 3 heterocycles. The lowest BCUT2D eigenvalue weighted by molar-refractivity contribution is 0.103. The molecule has 2 aromatic rings. The normalized spacial score (nSPS) is 20.0. The van der Waals surface area contributed by atoms with E-state index in [0.29, 0.717) is 30.9 Å². The number of nitrogens with zero attached hydrogens (tertiary/aromatic N) is 5. The monoisotopic (exact) mass is 343 g/mol. The number of amides is 2. The van der Waals surface area contributed by atoms with Gasteiger partial charge in [-0.1, -0.05) is 0 Å². The molecule has 0 spiro atoms. The highest BCUT2D eigenvalue weighted by Gasteiger charge is 2.39. The summed E-state index contributed by atoms with van der Waals surface area (Å²) in [7, 11) is 0. The van der Waals surface area contributed by atoms with Gasteiger partial charge < -0.3 is 4.90 Å². The molecule has 1 fully saturated rings. The number of benzene rings is 1. The third-order valence-electron chi connectivity index (χ3n) is 4.40. The van der Waals surface area contributed by atoms with E-state index in [4.69, 9.17) is 0 Å². The number of rotatable bonds is 2. The summed E-state index contributed by atoms with van der Waals surface area (Å²) in [6.07, 6.45) is 5.36. The molecule has 128 valence electrons. The Bertz CT molecular complexity index is 803. The lowest BCUT2D eigenvalue weighted by Gasteiger charge is -2.40. The van der Waals surface area contributed by atoms with Gasteiger partial charge in [0.2, 0.25) is 0 Å². The van der Waals surface area contributed by atoms with Gasteiger partial charge >= 0.3 is 6.03 Å².